The van der Waals surface area contributed by atoms with Gasteiger partial charge in [-0.05, 0) is 30.4 Å². The fourth-order valence-electron chi connectivity index (χ4n) is 2.58. The van der Waals surface area contributed by atoms with Crippen molar-refractivity contribution in [1.82, 2.24) is 10.2 Å². The van der Waals surface area contributed by atoms with Gasteiger partial charge in [0.25, 0.3) is 0 Å². The highest BCUT2D eigenvalue weighted by atomic mass is 16.2. The average molecular weight is 260 g/mol. The lowest BCUT2D eigenvalue weighted by Gasteiger charge is -2.21. The molecule has 1 saturated carbocycles. The normalized spacial score (nSPS) is 15.5. The van der Waals surface area contributed by atoms with Crippen molar-refractivity contribution in [2.75, 3.05) is 7.05 Å². The number of urea groups is 1. The van der Waals surface area contributed by atoms with Gasteiger partial charge in [0, 0.05) is 19.6 Å². The number of hydrogen-bond acceptors (Lipinski definition) is 1. The molecule has 1 aliphatic rings. The van der Waals surface area contributed by atoms with Crippen molar-refractivity contribution < 1.29 is 4.79 Å². The molecule has 0 unspecified atom stereocenters. The third-order valence-electron chi connectivity index (χ3n) is 3.88. The molecule has 2 rings (SSSR count). The highest BCUT2D eigenvalue weighted by Crippen LogP contribution is 2.18. The second-order valence-electron chi connectivity index (χ2n) is 5.46. The van der Waals surface area contributed by atoms with E-state index in [2.05, 4.69) is 36.5 Å². The van der Waals surface area contributed by atoms with Crippen molar-refractivity contribution in [3.05, 3.63) is 35.4 Å². The minimum absolute atomic E-state index is 0.0477. The summed E-state index contributed by atoms with van der Waals surface area (Å²) in [5, 5.41) is 3.11. The molecular weight excluding hydrogens is 236 g/mol. The molecule has 0 saturated heterocycles. The Hall–Kier alpha value is -1.51. The molecular formula is C16H24N2O. The third kappa shape index (κ3) is 3.98. The van der Waals surface area contributed by atoms with Crippen LogP contribution in [0.25, 0.3) is 0 Å². The molecule has 3 heteroatoms. The number of amides is 2. The summed E-state index contributed by atoms with van der Waals surface area (Å²) >= 11 is 0. The molecule has 1 aromatic rings. The first-order valence-corrected chi connectivity index (χ1v) is 7.28. The Labute approximate surface area is 116 Å². The molecule has 1 aromatic carbocycles. The van der Waals surface area contributed by atoms with Crippen LogP contribution in [0.4, 0.5) is 4.79 Å². The molecule has 104 valence electrons. The molecule has 0 heterocycles. The van der Waals surface area contributed by atoms with Gasteiger partial charge in [-0.2, -0.15) is 0 Å². The predicted molar refractivity (Wildman–Crippen MR) is 78.1 cm³/mol. The topological polar surface area (TPSA) is 32.3 Å². The number of carbonyl (C=O) groups is 1. The maximum atomic E-state index is 12.0. The van der Waals surface area contributed by atoms with Gasteiger partial charge in [-0.15, -0.1) is 0 Å². The van der Waals surface area contributed by atoms with E-state index in [0.717, 1.165) is 19.3 Å². The highest BCUT2D eigenvalue weighted by molar-refractivity contribution is 5.74. The molecule has 2 amide bonds. The fraction of sp³-hybridized carbons (Fsp3) is 0.562. The molecule has 0 radical (unpaired) electrons. The molecule has 1 aliphatic carbocycles. The fourth-order valence-corrected chi connectivity index (χ4v) is 2.58. The Morgan fingerprint density at radius 3 is 2.37 bits per heavy atom. The summed E-state index contributed by atoms with van der Waals surface area (Å²) in [6, 6.07) is 8.93. The standard InChI is InChI=1S/C16H24N2O/c1-3-13-8-10-14(11-9-13)12-18(2)16(19)17-15-6-4-5-7-15/h8-11,15H,3-7,12H2,1-2H3,(H,17,19). The van der Waals surface area contributed by atoms with Crippen LogP contribution in [0.1, 0.15) is 43.7 Å². The monoisotopic (exact) mass is 260 g/mol. The van der Waals surface area contributed by atoms with Gasteiger partial charge in [-0.3, -0.25) is 0 Å². The summed E-state index contributed by atoms with van der Waals surface area (Å²) in [5.74, 6) is 0. The summed E-state index contributed by atoms with van der Waals surface area (Å²) < 4.78 is 0. The second-order valence-corrected chi connectivity index (χ2v) is 5.46. The molecule has 3 nitrogen and oxygen atoms in total. The first kappa shape index (κ1) is 13.9. The molecule has 19 heavy (non-hydrogen) atoms. The van der Waals surface area contributed by atoms with Gasteiger partial charge in [-0.25, -0.2) is 4.79 Å². The van der Waals surface area contributed by atoms with Crippen molar-refractivity contribution in [3.8, 4) is 0 Å². The Morgan fingerprint density at radius 1 is 1.21 bits per heavy atom. The lowest BCUT2D eigenvalue weighted by molar-refractivity contribution is 0.203. The van der Waals surface area contributed by atoms with Crippen LogP contribution in [0.5, 0.6) is 0 Å². The summed E-state index contributed by atoms with van der Waals surface area (Å²) in [4.78, 5) is 13.8. The van der Waals surface area contributed by atoms with E-state index in [1.807, 2.05) is 7.05 Å². The van der Waals surface area contributed by atoms with Crippen LogP contribution in [0.15, 0.2) is 24.3 Å². The van der Waals surface area contributed by atoms with E-state index >= 15 is 0 Å². The zero-order valence-corrected chi connectivity index (χ0v) is 12.0. The molecule has 0 spiro atoms. The highest BCUT2D eigenvalue weighted by Gasteiger charge is 2.18. The van der Waals surface area contributed by atoms with E-state index in [1.54, 1.807) is 4.90 Å². The number of aryl methyl sites for hydroxylation is 1. The van der Waals surface area contributed by atoms with E-state index < -0.39 is 0 Å². The van der Waals surface area contributed by atoms with E-state index in [-0.39, 0.29) is 6.03 Å². The molecule has 0 aliphatic heterocycles. The van der Waals surface area contributed by atoms with Gasteiger partial charge in [-0.1, -0.05) is 44.0 Å². The van der Waals surface area contributed by atoms with Crippen molar-refractivity contribution >= 4 is 6.03 Å². The quantitative estimate of drug-likeness (QED) is 0.885. The van der Waals surface area contributed by atoms with Crippen molar-refractivity contribution in [1.29, 1.82) is 0 Å². The minimum atomic E-state index is 0.0477. The lowest BCUT2D eigenvalue weighted by atomic mass is 10.1. The van der Waals surface area contributed by atoms with Gasteiger partial charge < -0.3 is 10.2 Å². The van der Waals surface area contributed by atoms with Crippen molar-refractivity contribution in [3.63, 3.8) is 0 Å². The molecule has 1 fully saturated rings. The molecule has 0 bridgehead atoms. The summed E-state index contributed by atoms with van der Waals surface area (Å²) in [5.41, 5.74) is 2.52. The molecule has 0 aromatic heterocycles. The zero-order chi connectivity index (χ0) is 13.7. The van der Waals surface area contributed by atoms with Crippen LogP contribution in [0, 0.1) is 0 Å². The maximum absolute atomic E-state index is 12.0. The number of hydrogen-bond donors (Lipinski definition) is 1. The van der Waals surface area contributed by atoms with Crippen LogP contribution in [0.2, 0.25) is 0 Å². The number of carbonyl (C=O) groups excluding carboxylic acids is 1. The first-order chi connectivity index (χ1) is 9.19. The van der Waals surface area contributed by atoms with Crippen LogP contribution >= 0.6 is 0 Å². The van der Waals surface area contributed by atoms with Gasteiger partial charge in [0.1, 0.15) is 0 Å². The average Bonchev–Trinajstić information content (AvgIpc) is 2.92. The van der Waals surface area contributed by atoms with Gasteiger partial charge in [0.15, 0.2) is 0 Å². The Kier molecular flexibility index (Phi) is 4.83. The minimum Gasteiger partial charge on any atom is -0.335 e. The zero-order valence-electron chi connectivity index (χ0n) is 12.0. The van der Waals surface area contributed by atoms with Crippen LogP contribution in [-0.2, 0) is 13.0 Å². The third-order valence-corrected chi connectivity index (χ3v) is 3.88. The number of rotatable bonds is 4. The Morgan fingerprint density at radius 2 is 1.79 bits per heavy atom. The SMILES string of the molecule is CCc1ccc(CN(C)C(=O)NC2CCCC2)cc1. The summed E-state index contributed by atoms with van der Waals surface area (Å²) in [6.07, 6.45) is 5.80. The second kappa shape index (κ2) is 6.60. The number of benzene rings is 1. The van der Waals surface area contributed by atoms with Crippen LogP contribution in [0.3, 0.4) is 0 Å². The first-order valence-electron chi connectivity index (χ1n) is 7.28. The molecule has 1 N–H and O–H groups in total. The van der Waals surface area contributed by atoms with Crippen LogP contribution < -0.4 is 5.32 Å². The van der Waals surface area contributed by atoms with E-state index in [9.17, 15) is 4.79 Å². The largest absolute Gasteiger partial charge is 0.335 e. The summed E-state index contributed by atoms with van der Waals surface area (Å²) in [6.45, 7) is 2.82. The maximum Gasteiger partial charge on any atom is 0.317 e. The number of nitrogens with zero attached hydrogens (tertiary/aromatic N) is 1. The molecule has 0 atom stereocenters. The Bertz CT molecular complexity index is 407. The summed E-state index contributed by atoms with van der Waals surface area (Å²) in [7, 11) is 1.86. The van der Waals surface area contributed by atoms with Gasteiger partial charge >= 0.3 is 6.03 Å². The van der Waals surface area contributed by atoms with Crippen molar-refractivity contribution in [2.45, 2.75) is 51.6 Å². The van der Waals surface area contributed by atoms with Crippen molar-refractivity contribution in [2.24, 2.45) is 0 Å². The Balaban J connectivity index is 1.84. The van der Waals surface area contributed by atoms with E-state index in [1.165, 1.54) is 24.0 Å². The lowest BCUT2D eigenvalue weighted by Crippen LogP contribution is -2.41. The predicted octanol–water partition coefficient (Wildman–Crippen LogP) is 3.33. The van der Waals surface area contributed by atoms with E-state index in [4.69, 9.17) is 0 Å². The smallest absolute Gasteiger partial charge is 0.317 e. The van der Waals surface area contributed by atoms with Crippen LogP contribution in [-0.4, -0.2) is 24.0 Å². The van der Waals surface area contributed by atoms with E-state index in [0.29, 0.717) is 12.6 Å². The van der Waals surface area contributed by atoms with Gasteiger partial charge in [0.05, 0.1) is 0 Å². The number of nitrogens with one attached hydrogen (secondary N) is 1. The van der Waals surface area contributed by atoms with Gasteiger partial charge in [0.2, 0.25) is 0 Å².